The van der Waals surface area contributed by atoms with Gasteiger partial charge in [-0.3, -0.25) is 9.79 Å². The Labute approximate surface area is 217 Å². The molecule has 0 saturated carbocycles. The van der Waals surface area contributed by atoms with Gasteiger partial charge in [-0.1, -0.05) is 23.7 Å². The number of hydrogen-bond acceptors (Lipinski definition) is 5. The maximum absolute atomic E-state index is 14.7. The highest BCUT2D eigenvalue weighted by atomic mass is 35.5. The first-order valence-electron chi connectivity index (χ1n) is 11.6. The van der Waals surface area contributed by atoms with Crippen LogP contribution in [0.2, 0.25) is 5.02 Å². The fourth-order valence-corrected chi connectivity index (χ4v) is 4.43. The molecule has 0 aliphatic carbocycles. The molecule has 0 bridgehead atoms. The van der Waals surface area contributed by atoms with Crippen LogP contribution in [0.4, 0.5) is 20.4 Å². The van der Waals surface area contributed by atoms with Crippen LogP contribution in [0.1, 0.15) is 27.2 Å². The first-order valence-corrected chi connectivity index (χ1v) is 11.9. The predicted molar refractivity (Wildman–Crippen MR) is 140 cm³/mol. The standard InChI is InChI=1S/C27H23ClF2N6O/c1-36(12-11-31)26(37)15-5-8-17(9-6-15)33-27-34-22-14-32-25(23-20(29)3-2-4-21(23)30)19-13-16(28)7-10-18(19)24(22)35-27/h2-10,13H,11-12,14,31H2,1H3,(H2,33,34,35). The molecule has 1 aliphatic heterocycles. The van der Waals surface area contributed by atoms with Gasteiger partial charge in [-0.05, 0) is 48.5 Å². The van der Waals surface area contributed by atoms with Crippen molar-refractivity contribution in [2.45, 2.75) is 6.54 Å². The van der Waals surface area contributed by atoms with E-state index in [1.54, 1.807) is 54.4 Å². The van der Waals surface area contributed by atoms with Gasteiger partial charge in [0.2, 0.25) is 5.95 Å². The van der Waals surface area contributed by atoms with Crippen molar-refractivity contribution in [3.8, 4) is 11.3 Å². The second-order valence-electron chi connectivity index (χ2n) is 8.58. The van der Waals surface area contributed by atoms with Gasteiger partial charge in [0.15, 0.2) is 0 Å². The van der Waals surface area contributed by atoms with E-state index in [4.69, 9.17) is 22.3 Å². The smallest absolute Gasteiger partial charge is 0.253 e. The number of imidazole rings is 1. The molecular formula is C27H23ClF2N6O. The van der Waals surface area contributed by atoms with Crippen molar-refractivity contribution >= 4 is 34.9 Å². The van der Waals surface area contributed by atoms with E-state index in [9.17, 15) is 13.6 Å². The summed E-state index contributed by atoms with van der Waals surface area (Å²) in [6, 6.07) is 15.8. The number of likely N-dealkylation sites (N-methyl/N-ethyl adjacent to an activating group) is 1. The van der Waals surface area contributed by atoms with Crippen molar-refractivity contribution in [2.24, 2.45) is 10.7 Å². The topological polar surface area (TPSA) is 99.4 Å². The van der Waals surface area contributed by atoms with E-state index in [0.717, 1.165) is 5.69 Å². The zero-order valence-corrected chi connectivity index (χ0v) is 20.6. The van der Waals surface area contributed by atoms with Crippen LogP contribution in [0, 0.1) is 11.6 Å². The van der Waals surface area contributed by atoms with Crippen molar-refractivity contribution in [1.82, 2.24) is 14.9 Å². The Balaban J connectivity index is 1.47. The second-order valence-corrected chi connectivity index (χ2v) is 9.02. The second kappa shape index (κ2) is 10.1. The average Bonchev–Trinajstić information content (AvgIpc) is 3.22. The molecule has 0 atom stereocenters. The Morgan fingerprint density at radius 2 is 1.84 bits per heavy atom. The van der Waals surface area contributed by atoms with Gasteiger partial charge in [-0.25, -0.2) is 13.8 Å². The number of nitrogens with one attached hydrogen (secondary N) is 2. The van der Waals surface area contributed by atoms with Crippen LogP contribution in [0.25, 0.3) is 11.3 Å². The molecule has 0 unspecified atom stereocenters. The largest absolute Gasteiger partial charge is 0.340 e. The van der Waals surface area contributed by atoms with Gasteiger partial charge in [-0.2, -0.15) is 0 Å². The van der Waals surface area contributed by atoms with E-state index in [2.05, 4.69) is 15.3 Å². The molecule has 5 rings (SSSR count). The third kappa shape index (κ3) is 4.83. The zero-order valence-electron chi connectivity index (χ0n) is 19.9. The molecule has 0 radical (unpaired) electrons. The molecule has 3 aromatic carbocycles. The minimum absolute atomic E-state index is 0.114. The van der Waals surface area contributed by atoms with E-state index in [0.29, 0.717) is 52.1 Å². The first-order chi connectivity index (χ1) is 17.9. The third-order valence-corrected chi connectivity index (χ3v) is 6.31. The van der Waals surface area contributed by atoms with Crippen molar-refractivity contribution in [2.75, 3.05) is 25.5 Å². The third-order valence-electron chi connectivity index (χ3n) is 6.07. The monoisotopic (exact) mass is 520 g/mol. The lowest BCUT2D eigenvalue weighted by Crippen LogP contribution is -2.31. The number of carbonyl (C=O) groups is 1. The highest BCUT2D eigenvalue weighted by molar-refractivity contribution is 6.31. The lowest BCUT2D eigenvalue weighted by Gasteiger charge is -2.16. The normalized spacial score (nSPS) is 12.3. The Bertz CT molecular complexity index is 1500. The minimum atomic E-state index is -0.707. The van der Waals surface area contributed by atoms with Crippen molar-refractivity contribution in [3.63, 3.8) is 0 Å². The van der Waals surface area contributed by atoms with Gasteiger partial charge in [0.1, 0.15) is 11.6 Å². The highest BCUT2D eigenvalue weighted by Crippen LogP contribution is 2.35. The molecule has 1 aromatic heterocycles. The van der Waals surface area contributed by atoms with Crippen LogP contribution in [0.15, 0.2) is 65.7 Å². The molecule has 0 spiro atoms. The average molecular weight is 521 g/mol. The molecule has 0 fully saturated rings. The number of carbonyl (C=O) groups excluding carboxylic acids is 1. The number of nitrogens with zero attached hydrogens (tertiary/aromatic N) is 3. The number of rotatable bonds is 6. The summed E-state index contributed by atoms with van der Waals surface area (Å²) in [7, 11) is 1.71. The molecule has 4 aromatic rings. The van der Waals surface area contributed by atoms with Crippen LogP contribution < -0.4 is 11.1 Å². The van der Waals surface area contributed by atoms with Gasteiger partial charge >= 0.3 is 0 Å². The fraction of sp³-hybridized carbons (Fsp3) is 0.148. The van der Waals surface area contributed by atoms with E-state index in [1.165, 1.54) is 18.2 Å². The summed E-state index contributed by atoms with van der Waals surface area (Å²) in [6.07, 6.45) is 0. The van der Waals surface area contributed by atoms with Gasteiger partial charge in [0, 0.05) is 47.5 Å². The van der Waals surface area contributed by atoms with E-state index < -0.39 is 11.6 Å². The van der Waals surface area contributed by atoms with Gasteiger partial charge in [0.05, 0.1) is 29.2 Å². The molecule has 1 amide bonds. The summed E-state index contributed by atoms with van der Waals surface area (Å²) < 4.78 is 29.3. The number of halogens is 3. The molecule has 4 N–H and O–H groups in total. The maximum atomic E-state index is 14.7. The molecule has 10 heteroatoms. The lowest BCUT2D eigenvalue weighted by molar-refractivity contribution is 0.0799. The van der Waals surface area contributed by atoms with E-state index in [1.807, 2.05) is 0 Å². The van der Waals surface area contributed by atoms with Crippen molar-refractivity contribution in [1.29, 1.82) is 0 Å². The van der Waals surface area contributed by atoms with E-state index >= 15 is 0 Å². The molecule has 1 aliphatic rings. The number of amides is 1. The molecular weight excluding hydrogens is 498 g/mol. The van der Waals surface area contributed by atoms with Crippen LogP contribution in [-0.2, 0) is 6.54 Å². The van der Waals surface area contributed by atoms with Crippen molar-refractivity contribution < 1.29 is 13.6 Å². The van der Waals surface area contributed by atoms with Gasteiger partial charge in [-0.15, -0.1) is 0 Å². The first kappa shape index (κ1) is 24.6. The maximum Gasteiger partial charge on any atom is 0.253 e. The summed E-state index contributed by atoms with van der Waals surface area (Å²) in [6.45, 7) is 0.985. The minimum Gasteiger partial charge on any atom is -0.340 e. The zero-order chi connectivity index (χ0) is 26.1. The SMILES string of the molecule is CN(CCN)C(=O)c1ccc(Nc2nc3c([nH]2)CN=C(c2c(F)cccc2F)c2cc(Cl)ccc2-3)cc1. The van der Waals surface area contributed by atoms with Crippen LogP contribution in [0.3, 0.4) is 0 Å². The summed E-state index contributed by atoms with van der Waals surface area (Å²) in [5.74, 6) is -1.07. The molecule has 2 heterocycles. The van der Waals surface area contributed by atoms with E-state index in [-0.39, 0.29) is 23.7 Å². The fourth-order valence-electron chi connectivity index (χ4n) is 4.25. The Morgan fingerprint density at radius 1 is 1.11 bits per heavy atom. The Kier molecular flexibility index (Phi) is 6.73. The van der Waals surface area contributed by atoms with Crippen LogP contribution in [0.5, 0.6) is 0 Å². The molecule has 37 heavy (non-hydrogen) atoms. The number of H-pyrrole nitrogens is 1. The number of aliphatic imine (C=N–C) groups is 1. The summed E-state index contributed by atoms with van der Waals surface area (Å²) in [5, 5.41) is 3.61. The summed E-state index contributed by atoms with van der Waals surface area (Å²) in [4.78, 5) is 26.5. The number of anilines is 2. The summed E-state index contributed by atoms with van der Waals surface area (Å²) >= 11 is 6.26. The number of aromatic amines is 1. The Morgan fingerprint density at radius 3 is 2.54 bits per heavy atom. The number of fused-ring (bicyclic) bond motifs is 3. The lowest BCUT2D eigenvalue weighted by atomic mass is 9.95. The van der Waals surface area contributed by atoms with Crippen LogP contribution >= 0.6 is 11.6 Å². The molecule has 188 valence electrons. The van der Waals surface area contributed by atoms with Crippen LogP contribution in [-0.4, -0.2) is 46.6 Å². The number of nitrogens with two attached hydrogens (primary N) is 1. The molecule has 7 nitrogen and oxygen atoms in total. The quantitative estimate of drug-likeness (QED) is 0.328. The predicted octanol–water partition coefficient (Wildman–Crippen LogP) is 5.13. The van der Waals surface area contributed by atoms with Gasteiger partial charge < -0.3 is 20.9 Å². The summed E-state index contributed by atoms with van der Waals surface area (Å²) in [5.41, 5.74) is 9.16. The van der Waals surface area contributed by atoms with Gasteiger partial charge in [0.25, 0.3) is 5.91 Å². The molecule has 0 saturated heterocycles. The highest BCUT2D eigenvalue weighted by Gasteiger charge is 2.26. The number of aromatic nitrogens is 2. The number of hydrogen-bond donors (Lipinski definition) is 3. The van der Waals surface area contributed by atoms with Crippen molar-refractivity contribution in [3.05, 3.63) is 99.7 Å². The Hall–Kier alpha value is -4.08. The number of benzene rings is 3.